The quantitative estimate of drug-likeness (QED) is 0.402. The van der Waals surface area contributed by atoms with Crippen LogP contribution in [0.15, 0.2) is 71.6 Å². The highest BCUT2D eigenvalue weighted by Gasteiger charge is 2.34. The number of aryl methyl sites for hydroxylation is 1. The summed E-state index contributed by atoms with van der Waals surface area (Å²) in [6.07, 6.45) is -3.55. The number of nitrogens with zero attached hydrogens (tertiary/aromatic N) is 2. The molecule has 3 aromatic rings. The summed E-state index contributed by atoms with van der Waals surface area (Å²) < 4.78 is 67.8. The van der Waals surface area contributed by atoms with Gasteiger partial charge in [0.2, 0.25) is 11.8 Å². The van der Waals surface area contributed by atoms with Crippen LogP contribution in [0.1, 0.15) is 24.0 Å². The Hall–Kier alpha value is -3.57. The minimum absolute atomic E-state index is 0.00427. The number of nitrogens with one attached hydrogen (secondary N) is 1. The smallest absolute Gasteiger partial charge is 0.325 e. The molecule has 0 spiro atoms. The Balaban J connectivity index is 1.66. The first-order valence-electron chi connectivity index (χ1n) is 11.5. The van der Waals surface area contributed by atoms with Crippen molar-refractivity contribution < 1.29 is 31.2 Å². The van der Waals surface area contributed by atoms with Crippen LogP contribution in [0.3, 0.4) is 0 Å². The molecule has 1 N–H and O–H groups in total. The molecular weight excluding hydrogens is 543 g/mol. The normalized spacial score (nSPS) is 14.0. The lowest BCUT2D eigenvalue weighted by Gasteiger charge is -2.26. The third-order valence-electron chi connectivity index (χ3n) is 6.01. The van der Waals surface area contributed by atoms with Gasteiger partial charge in [-0.3, -0.25) is 13.9 Å². The number of rotatable bonds is 7. The van der Waals surface area contributed by atoms with Crippen molar-refractivity contribution >= 4 is 50.5 Å². The predicted octanol–water partition coefficient (Wildman–Crippen LogP) is 5.63. The summed E-state index contributed by atoms with van der Waals surface area (Å²) in [5, 5.41) is 2.31. The maximum Gasteiger partial charge on any atom is 0.416 e. The van der Waals surface area contributed by atoms with Crippen LogP contribution >= 0.6 is 11.6 Å². The second-order valence-corrected chi connectivity index (χ2v) is 11.0. The minimum atomic E-state index is -4.76. The van der Waals surface area contributed by atoms with E-state index in [0.29, 0.717) is 40.3 Å². The van der Waals surface area contributed by atoms with E-state index < -0.39 is 39.9 Å². The van der Waals surface area contributed by atoms with Crippen LogP contribution in [0.25, 0.3) is 0 Å². The molecule has 200 valence electrons. The van der Waals surface area contributed by atoms with Gasteiger partial charge in [-0.2, -0.15) is 13.2 Å². The molecule has 0 unspecified atom stereocenters. The number of hydrogen-bond acceptors (Lipinski definition) is 4. The van der Waals surface area contributed by atoms with Gasteiger partial charge in [-0.25, -0.2) is 8.42 Å². The van der Waals surface area contributed by atoms with E-state index in [-0.39, 0.29) is 15.8 Å². The number of carbonyl (C=O) groups is 2. The van der Waals surface area contributed by atoms with Crippen LogP contribution in [0, 0.1) is 6.92 Å². The SMILES string of the molecule is Cc1cc(NC(=O)CN(c2cc(C(F)(F)F)ccc2Cl)S(=O)(=O)c2ccccc2)ccc1N1CCCC1=O. The zero-order chi connectivity index (χ0) is 27.7. The van der Waals surface area contributed by atoms with E-state index in [0.717, 1.165) is 18.6 Å². The molecule has 1 heterocycles. The molecular formula is C26H23ClF3N3O4S. The molecule has 0 aromatic heterocycles. The first-order chi connectivity index (χ1) is 17.9. The molecule has 38 heavy (non-hydrogen) atoms. The fourth-order valence-electron chi connectivity index (χ4n) is 4.17. The van der Waals surface area contributed by atoms with Crippen LogP contribution in [-0.4, -0.2) is 33.3 Å². The Kier molecular flexibility index (Phi) is 7.70. The topological polar surface area (TPSA) is 86.8 Å². The average Bonchev–Trinajstić information content (AvgIpc) is 3.28. The number of alkyl halides is 3. The molecule has 0 saturated carbocycles. The lowest BCUT2D eigenvalue weighted by atomic mass is 10.1. The summed E-state index contributed by atoms with van der Waals surface area (Å²) in [5.41, 5.74) is 0.144. The maximum atomic E-state index is 13.5. The molecule has 0 bridgehead atoms. The third kappa shape index (κ3) is 5.78. The van der Waals surface area contributed by atoms with Gasteiger partial charge < -0.3 is 10.2 Å². The monoisotopic (exact) mass is 565 g/mol. The zero-order valence-corrected chi connectivity index (χ0v) is 21.7. The van der Waals surface area contributed by atoms with Gasteiger partial charge in [0, 0.05) is 24.3 Å². The fraction of sp³-hybridized carbons (Fsp3) is 0.231. The summed E-state index contributed by atoms with van der Waals surface area (Å²) >= 11 is 6.15. The van der Waals surface area contributed by atoms with E-state index in [1.807, 2.05) is 0 Å². The number of anilines is 3. The van der Waals surface area contributed by atoms with E-state index >= 15 is 0 Å². The van der Waals surface area contributed by atoms with Crippen molar-refractivity contribution in [1.29, 1.82) is 0 Å². The Bertz CT molecular complexity index is 1480. The van der Waals surface area contributed by atoms with Crippen molar-refractivity contribution in [1.82, 2.24) is 0 Å². The van der Waals surface area contributed by atoms with Gasteiger partial charge in [0.15, 0.2) is 0 Å². The average molecular weight is 566 g/mol. The number of carbonyl (C=O) groups excluding carboxylic acids is 2. The highest BCUT2D eigenvalue weighted by atomic mass is 35.5. The summed E-state index contributed by atoms with van der Waals surface area (Å²) in [6, 6.07) is 14.2. The molecule has 2 amide bonds. The lowest BCUT2D eigenvalue weighted by molar-refractivity contribution is -0.137. The van der Waals surface area contributed by atoms with Gasteiger partial charge in [-0.05, 0) is 67.4 Å². The van der Waals surface area contributed by atoms with Gasteiger partial charge in [0.1, 0.15) is 6.54 Å². The Morgan fingerprint density at radius 2 is 1.79 bits per heavy atom. The van der Waals surface area contributed by atoms with Crippen molar-refractivity contribution in [3.05, 3.63) is 82.9 Å². The van der Waals surface area contributed by atoms with Crippen molar-refractivity contribution in [2.75, 3.05) is 27.6 Å². The highest BCUT2D eigenvalue weighted by Crippen LogP contribution is 2.37. The van der Waals surface area contributed by atoms with E-state index in [1.54, 1.807) is 36.1 Å². The fourth-order valence-corrected chi connectivity index (χ4v) is 5.89. The summed E-state index contributed by atoms with van der Waals surface area (Å²) in [7, 11) is -4.48. The van der Waals surface area contributed by atoms with Gasteiger partial charge in [0.25, 0.3) is 10.0 Å². The van der Waals surface area contributed by atoms with Crippen molar-refractivity contribution in [3.8, 4) is 0 Å². The lowest BCUT2D eigenvalue weighted by Crippen LogP contribution is -2.38. The molecule has 0 atom stereocenters. The number of halogens is 4. The second kappa shape index (κ2) is 10.7. The largest absolute Gasteiger partial charge is 0.416 e. The third-order valence-corrected chi connectivity index (χ3v) is 8.10. The summed E-state index contributed by atoms with van der Waals surface area (Å²) in [5.74, 6) is -0.799. The Labute approximate surface area is 222 Å². The van der Waals surface area contributed by atoms with Crippen LogP contribution in [0.2, 0.25) is 5.02 Å². The Morgan fingerprint density at radius 3 is 2.39 bits per heavy atom. The molecule has 1 saturated heterocycles. The molecule has 4 rings (SSSR count). The number of sulfonamides is 1. The predicted molar refractivity (Wildman–Crippen MR) is 139 cm³/mol. The van der Waals surface area contributed by atoms with Crippen LogP contribution in [-0.2, 0) is 25.8 Å². The molecule has 1 fully saturated rings. The van der Waals surface area contributed by atoms with E-state index in [9.17, 15) is 31.2 Å². The van der Waals surface area contributed by atoms with E-state index in [1.165, 1.54) is 24.3 Å². The first kappa shape index (κ1) is 27.5. The standard InChI is InChI=1S/C26H23ClF3N3O4S/c1-17-14-19(10-12-22(17)32-13-5-8-25(32)35)31-24(34)16-33(38(36,37)20-6-3-2-4-7-20)23-15-18(26(28,29)30)9-11-21(23)27/h2-4,6-7,9-12,14-15H,5,8,13,16H2,1H3,(H,31,34). The van der Waals surface area contributed by atoms with Gasteiger partial charge in [0.05, 0.1) is 21.2 Å². The minimum Gasteiger partial charge on any atom is -0.325 e. The summed E-state index contributed by atoms with van der Waals surface area (Å²) in [6.45, 7) is 1.52. The van der Waals surface area contributed by atoms with Gasteiger partial charge in [-0.1, -0.05) is 29.8 Å². The van der Waals surface area contributed by atoms with Crippen molar-refractivity contribution in [2.45, 2.75) is 30.8 Å². The molecule has 1 aliphatic heterocycles. The second-order valence-electron chi connectivity index (χ2n) is 8.69. The first-order valence-corrected chi connectivity index (χ1v) is 13.3. The Morgan fingerprint density at radius 1 is 1.08 bits per heavy atom. The van der Waals surface area contributed by atoms with Gasteiger partial charge >= 0.3 is 6.18 Å². The zero-order valence-electron chi connectivity index (χ0n) is 20.1. The molecule has 7 nitrogen and oxygen atoms in total. The molecule has 0 radical (unpaired) electrons. The van der Waals surface area contributed by atoms with Gasteiger partial charge in [-0.15, -0.1) is 0 Å². The van der Waals surface area contributed by atoms with Crippen molar-refractivity contribution in [2.24, 2.45) is 0 Å². The number of hydrogen-bond donors (Lipinski definition) is 1. The number of amides is 2. The number of benzene rings is 3. The maximum absolute atomic E-state index is 13.5. The van der Waals surface area contributed by atoms with E-state index in [2.05, 4.69) is 5.32 Å². The van der Waals surface area contributed by atoms with Crippen LogP contribution in [0.5, 0.6) is 0 Å². The van der Waals surface area contributed by atoms with Crippen LogP contribution in [0.4, 0.5) is 30.2 Å². The summed E-state index contributed by atoms with van der Waals surface area (Å²) in [4.78, 5) is 26.5. The van der Waals surface area contributed by atoms with E-state index in [4.69, 9.17) is 11.6 Å². The molecule has 12 heteroatoms. The van der Waals surface area contributed by atoms with Crippen molar-refractivity contribution in [3.63, 3.8) is 0 Å². The molecule has 1 aliphatic rings. The molecule has 3 aromatic carbocycles. The highest BCUT2D eigenvalue weighted by molar-refractivity contribution is 7.92. The molecule has 0 aliphatic carbocycles. The van der Waals surface area contributed by atoms with Crippen LogP contribution < -0.4 is 14.5 Å².